The molecular formula is C25H24F2N4O3. The van der Waals surface area contributed by atoms with Crippen molar-refractivity contribution in [2.75, 3.05) is 37.7 Å². The number of nitrogens with zero attached hydrogens (tertiary/aromatic N) is 3. The second kappa shape index (κ2) is 8.32. The van der Waals surface area contributed by atoms with Crippen LogP contribution in [0.25, 0.3) is 10.9 Å². The number of hydrogen-bond donors (Lipinski definition) is 2. The Morgan fingerprint density at radius 1 is 1.18 bits per heavy atom. The minimum atomic E-state index is -1.01. The van der Waals surface area contributed by atoms with Crippen LogP contribution in [0.5, 0.6) is 0 Å². The first-order valence-corrected chi connectivity index (χ1v) is 11.2. The Kier molecular flexibility index (Phi) is 5.44. The summed E-state index contributed by atoms with van der Waals surface area (Å²) in [6.45, 7) is 3.37. The Morgan fingerprint density at radius 2 is 1.91 bits per heavy atom. The molecular weight excluding hydrogens is 442 g/mol. The number of fused-ring (bicyclic) bond motifs is 2. The predicted molar refractivity (Wildman–Crippen MR) is 123 cm³/mol. The van der Waals surface area contributed by atoms with Crippen molar-refractivity contribution in [3.05, 3.63) is 71.4 Å². The molecule has 1 fully saturated rings. The molecule has 1 unspecified atom stereocenters. The molecule has 5 rings (SSSR count). The summed E-state index contributed by atoms with van der Waals surface area (Å²) < 4.78 is 28.0. The van der Waals surface area contributed by atoms with Gasteiger partial charge < -0.3 is 20.2 Å². The Labute approximate surface area is 195 Å². The SMILES string of the molecule is CCN1CC(C(=O)N2CC(CO)(NC(=O)c3cnc4c(F)ccc(F)c4c3)C2)c2ccccc21. The van der Waals surface area contributed by atoms with E-state index in [0.29, 0.717) is 6.54 Å². The number of hydrogen-bond acceptors (Lipinski definition) is 5. The summed E-state index contributed by atoms with van der Waals surface area (Å²) in [5.74, 6) is -2.30. The molecule has 2 aliphatic heterocycles. The zero-order valence-corrected chi connectivity index (χ0v) is 18.6. The quantitative estimate of drug-likeness (QED) is 0.604. The van der Waals surface area contributed by atoms with E-state index in [2.05, 4.69) is 15.2 Å². The number of nitrogens with one attached hydrogen (secondary N) is 1. The maximum atomic E-state index is 14.1. The van der Waals surface area contributed by atoms with Gasteiger partial charge in [-0.05, 0) is 36.8 Å². The minimum Gasteiger partial charge on any atom is -0.394 e. The first-order chi connectivity index (χ1) is 16.4. The van der Waals surface area contributed by atoms with Crippen LogP contribution in [0.15, 0.2) is 48.7 Å². The normalized spacial score (nSPS) is 18.5. The molecule has 0 radical (unpaired) electrons. The van der Waals surface area contributed by atoms with E-state index in [1.54, 1.807) is 4.90 Å². The van der Waals surface area contributed by atoms with Crippen molar-refractivity contribution < 1.29 is 23.5 Å². The molecule has 3 heterocycles. The van der Waals surface area contributed by atoms with Gasteiger partial charge in [-0.1, -0.05) is 18.2 Å². The third-order valence-electron chi connectivity index (χ3n) is 6.73. The van der Waals surface area contributed by atoms with Crippen molar-refractivity contribution in [3.63, 3.8) is 0 Å². The van der Waals surface area contributed by atoms with Crippen molar-refractivity contribution >= 4 is 28.4 Å². The van der Waals surface area contributed by atoms with Gasteiger partial charge >= 0.3 is 0 Å². The molecule has 34 heavy (non-hydrogen) atoms. The van der Waals surface area contributed by atoms with Crippen LogP contribution in [0.1, 0.15) is 28.8 Å². The number of carbonyl (C=O) groups is 2. The number of rotatable bonds is 5. The molecule has 1 atom stereocenters. The molecule has 3 aromatic rings. The van der Waals surface area contributed by atoms with Gasteiger partial charge in [-0.2, -0.15) is 0 Å². The lowest BCUT2D eigenvalue weighted by Crippen LogP contribution is -2.73. The minimum absolute atomic E-state index is 0.0397. The number of anilines is 1. The Hall–Kier alpha value is -3.59. The van der Waals surface area contributed by atoms with Gasteiger partial charge in [0.05, 0.1) is 23.6 Å². The molecule has 0 aliphatic carbocycles. The number of amides is 2. The topological polar surface area (TPSA) is 85.8 Å². The highest BCUT2D eigenvalue weighted by atomic mass is 19.1. The molecule has 7 nitrogen and oxygen atoms in total. The van der Waals surface area contributed by atoms with Crippen molar-refractivity contribution in [1.82, 2.24) is 15.2 Å². The maximum Gasteiger partial charge on any atom is 0.253 e. The first-order valence-electron chi connectivity index (χ1n) is 11.2. The number of aromatic nitrogens is 1. The summed E-state index contributed by atoms with van der Waals surface area (Å²) in [7, 11) is 0. The molecule has 2 aromatic carbocycles. The fraction of sp³-hybridized carbons (Fsp3) is 0.320. The van der Waals surface area contributed by atoms with E-state index in [9.17, 15) is 23.5 Å². The molecule has 2 amide bonds. The summed E-state index contributed by atoms with van der Waals surface area (Å²) in [6.07, 6.45) is 1.17. The fourth-order valence-corrected chi connectivity index (χ4v) is 4.87. The number of likely N-dealkylation sites (N-methyl/N-ethyl adjacent to an activating group) is 1. The van der Waals surface area contributed by atoms with Crippen molar-refractivity contribution in [2.24, 2.45) is 0 Å². The van der Waals surface area contributed by atoms with Gasteiger partial charge in [-0.25, -0.2) is 8.78 Å². The number of pyridine rings is 1. The number of carbonyl (C=O) groups excluding carboxylic acids is 2. The highest BCUT2D eigenvalue weighted by molar-refractivity contribution is 5.98. The second-order valence-electron chi connectivity index (χ2n) is 8.89. The molecule has 2 N–H and O–H groups in total. The lowest BCUT2D eigenvalue weighted by molar-refractivity contribution is -0.142. The lowest BCUT2D eigenvalue weighted by atomic mass is 9.87. The zero-order valence-electron chi connectivity index (χ0n) is 18.6. The van der Waals surface area contributed by atoms with Crippen LogP contribution in [-0.2, 0) is 4.79 Å². The highest BCUT2D eigenvalue weighted by Crippen LogP contribution is 2.38. The molecule has 1 saturated heterocycles. The van der Waals surface area contributed by atoms with Gasteiger partial charge in [0.2, 0.25) is 5.91 Å². The maximum absolute atomic E-state index is 14.1. The summed E-state index contributed by atoms with van der Waals surface area (Å²) in [4.78, 5) is 33.8. The first kappa shape index (κ1) is 22.2. The van der Waals surface area contributed by atoms with Crippen LogP contribution in [0.2, 0.25) is 0 Å². The van der Waals surface area contributed by atoms with E-state index in [-0.39, 0.29) is 48.0 Å². The summed E-state index contributed by atoms with van der Waals surface area (Å²) >= 11 is 0. The highest BCUT2D eigenvalue weighted by Gasteiger charge is 2.48. The van der Waals surface area contributed by atoms with Gasteiger partial charge in [0.15, 0.2) is 0 Å². The van der Waals surface area contributed by atoms with Gasteiger partial charge in [0.25, 0.3) is 5.91 Å². The molecule has 176 valence electrons. The van der Waals surface area contributed by atoms with Crippen molar-refractivity contribution in [3.8, 4) is 0 Å². The number of benzene rings is 2. The van der Waals surface area contributed by atoms with Crippen LogP contribution < -0.4 is 10.2 Å². The standard InChI is InChI=1S/C25H24F2N4O3/c1-2-30-11-18(16-5-3-4-6-21(16)30)24(34)31-12-25(13-31,14-32)29-23(33)15-9-17-19(26)7-8-20(27)22(17)28-10-15/h3-10,18,32H,2,11-14H2,1H3,(H,29,33). The fourth-order valence-electron chi connectivity index (χ4n) is 4.87. The van der Waals surface area contributed by atoms with E-state index in [1.807, 2.05) is 31.2 Å². The molecule has 0 spiro atoms. The number of para-hydroxylation sites is 1. The zero-order chi connectivity index (χ0) is 24.0. The lowest BCUT2D eigenvalue weighted by Gasteiger charge is -2.50. The van der Waals surface area contributed by atoms with Crippen molar-refractivity contribution in [2.45, 2.75) is 18.4 Å². The largest absolute Gasteiger partial charge is 0.394 e. The Bertz CT molecular complexity index is 1290. The molecule has 0 saturated carbocycles. The van der Waals surface area contributed by atoms with Crippen molar-refractivity contribution in [1.29, 1.82) is 0 Å². The molecule has 0 bridgehead atoms. The van der Waals surface area contributed by atoms with E-state index in [4.69, 9.17) is 0 Å². The molecule has 9 heteroatoms. The molecule has 2 aliphatic rings. The number of aliphatic hydroxyl groups excluding tert-OH is 1. The summed E-state index contributed by atoms with van der Waals surface area (Å²) in [6, 6.07) is 11.0. The Morgan fingerprint density at radius 3 is 2.65 bits per heavy atom. The van der Waals surface area contributed by atoms with Crippen LogP contribution in [-0.4, -0.2) is 65.1 Å². The van der Waals surface area contributed by atoms with Crippen LogP contribution in [0.3, 0.4) is 0 Å². The average molecular weight is 466 g/mol. The van der Waals surface area contributed by atoms with Gasteiger partial charge in [-0.3, -0.25) is 14.6 Å². The van der Waals surface area contributed by atoms with Gasteiger partial charge in [0.1, 0.15) is 17.2 Å². The average Bonchev–Trinajstić information content (AvgIpc) is 3.21. The number of halogens is 2. The molecule has 1 aromatic heterocycles. The smallest absolute Gasteiger partial charge is 0.253 e. The van der Waals surface area contributed by atoms with Crippen LogP contribution >= 0.6 is 0 Å². The van der Waals surface area contributed by atoms with Gasteiger partial charge in [0, 0.05) is 43.4 Å². The third kappa shape index (κ3) is 3.56. The number of likely N-dealkylation sites (tertiary alicyclic amines) is 1. The summed E-state index contributed by atoms with van der Waals surface area (Å²) in [5, 5.41) is 12.7. The van der Waals surface area contributed by atoms with E-state index >= 15 is 0 Å². The monoisotopic (exact) mass is 466 g/mol. The second-order valence-corrected chi connectivity index (χ2v) is 8.89. The summed E-state index contributed by atoms with van der Waals surface area (Å²) in [5.41, 5.74) is 0.907. The number of aliphatic hydroxyl groups is 1. The van der Waals surface area contributed by atoms with E-state index in [0.717, 1.165) is 29.9 Å². The van der Waals surface area contributed by atoms with Crippen LogP contribution in [0, 0.1) is 11.6 Å². The Balaban J connectivity index is 1.30. The van der Waals surface area contributed by atoms with E-state index in [1.165, 1.54) is 12.3 Å². The predicted octanol–water partition coefficient (Wildman–Crippen LogP) is 2.44. The van der Waals surface area contributed by atoms with Crippen LogP contribution in [0.4, 0.5) is 14.5 Å². The van der Waals surface area contributed by atoms with E-state index < -0.39 is 23.1 Å². The third-order valence-corrected chi connectivity index (χ3v) is 6.73. The van der Waals surface area contributed by atoms with Gasteiger partial charge in [-0.15, -0.1) is 0 Å².